The zero-order chi connectivity index (χ0) is 21.8. The Morgan fingerprint density at radius 1 is 1.03 bits per heavy atom. The molecule has 7 nitrogen and oxygen atoms in total. The fraction of sp³-hybridized carbons (Fsp3) is 0.391. The Labute approximate surface area is 183 Å². The molecule has 1 aliphatic rings. The Bertz CT molecular complexity index is 1160. The van der Waals surface area contributed by atoms with Crippen molar-refractivity contribution in [3.63, 3.8) is 0 Å². The number of fused-ring (bicyclic) bond motifs is 1. The number of nitrogens with zero attached hydrogens (tertiary/aromatic N) is 3. The quantitative estimate of drug-likeness (QED) is 0.612. The molecule has 0 saturated carbocycles. The molecule has 0 radical (unpaired) electrons. The molecular formula is C23H28N4O3S. The molecule has 0 spiro atoms. The van der Waals surface area contributed by atoms with Crippen molar-refractivity contribution in [1.29, 1.82) is 0 Å². The van der Waals surface area contributed by atoms with Gasteiger partial charge in [-0.3, -0.25) is 4.79 Å². The Kier molecular flexibility index (Phi) is 6.38. The van der Waals surface area contributed by atoms with Crippen LogP contribution in [0.15, 0.2) is 53.4 Å². The summed E-state index contributed by atoms with van der Waals surface area (Å²) in [7, 11) is -3.45. The molecule has 1 N–H and O–H groups in total. The van der Waals surface area contributed by atoms with Crippen molar-refractivity contribution < 1.29 is 13.2 Å². The van der Waals surface area contributed by atoms with Crippen LogP contribution in [-0.4, -0.2) is 41.3 Å². The number of nitrogens with one attached hydrogen (secondary N) is 1. The van der Waals surface area contributed by atoms with Crippen molar-refractivity contribution in [2.24, 2.45) is 0 Å². The monoisotopic (exact) mass is 440 g/mol. The maximum Gasteiger partial charge on any atom is 0.243 e. The van der Waals surface area contributed by atoms with Gasteiger partial charge in [0, 0.05) is 19.6 Å². The highest BCUT2D eigenvalue weighted by atomic mass is 32.2. The number of aryl methyl sites for hydroxylation is 1. The third-order valence-electron chi connectivity index (χ3n) is 5.73. The Morgan fingerprint density at radius 3 is 2.45 bits per heavy atom. The van der Waals surface area contributed by atoms with Crippen LogP contribution in [-0.2, 0) is 34.3 Å². The summed E-state index contributed by atoms with van der Waals surface area (Å²) in [5.74, 6) is 0.696. The predicted molar refractivity (Wildman–Crippen MR) is 120 cm³/mol. The minimum absolute atomic E-state index is 0.124. The number of carbonyl (C=O) groups excluding carboxylic acids is 1. The summed E-state index contributed by atoms with van der Waals surface area (Å²) in [6.07, 6.45) is 3.08. The van der Waals surface area contributed by atoms with E-state index in [4.69, 9.17) is 0 Å². The minimum Gasteiger partial charge on any atom is -0.349 e. The second kappa shape index (κ2) is 9.20. The summed E-state index contributed by atoms with van der Waals surface area (Å²) < 4.78 is 29.2. The minimum atomic E-state index is -3.45. The zero-order valence-electron chi connectivity index (χ0n) is 17.8. The number of rotatable bonds is 7. The summed E-state index contributed by atoms with van der Waals surface area (Å²) in [5.41, 5.74) is 2.75. The lowest BCUT2D eigenvalue weighted by molar-refractivity contribution is -0.120. The fourth-order valence-corrected chi connectivity index (χ4v) is 5.59. The molecule has 4 rings (SSSR count). The summed E-state index contributed by atoms with van der Waals surface area (Å²) in [5, 5.41) is 2.93. The molecular weight excluding hydrogens is 412 g/mol. The van der Waals surface area contributed by atoms with Gasteiger partial charge in [0.25, 0.3) is 0 Å². The average molecular weight is 441 g/mol. The maximum atomic E-state index is 12.8. The molecule has 2 heterocycles. The van der Waals surface area contributed by atoms with E-state index in [-0.39, 0.29) is 17.2 Å². The first-order valence-electron chi connectivity index (χ1n) is 10.8. The van der Waals surface area contributed by atoms with E-state index >= 15 is 0 Å². The molecule has 8 heteroatoms. The van der Waals surface area contributed by atoms with Crippen molar-refractivity contribution in [3.05, 3.63) is 59.9 Å². The third-order valence-corrected chi connectivity index (χ3v) is 7.65. The lowest BCUT2D eigenvalue weighted by Gasteiger charge is -2.25. The smallest absolute Gasteiger partial charge is 0.243 e. The number of imidazole rings is 1. The first kappa shape index (κ1) is 21.5. The number of piperidine rings is 1. The zero-order valence-corrected chi connectivity index (χ0v) is 18.6. The lowest BCUT2D eigenvalue weighted by Crippen LogP contribution is -2.35. The first-order chi connectivity index (χ1) is 15.0. The highest BCUT2D eigenvalue weighted by Gasteiger charge is 2.25. The molecule has 164 valence electrons. The molecule has 2 aromatic carbocycles. The van der Waals surface area contributed by atoms with E-state index in [1.807, 2.05) is 24.3 Å². The van der Waals surface area contributed by atoms with Crippen LogP contribution in [0, 0.1) is 0 Å². The van der Waals surface area contributed by atoms with E-state index < -0.39 is 10.0 Å². The molecule has 1 aliphatic heterocycles. The summed E-state index contributed by atoms with van der Waals surface area (Å²) in [6.45, 7) is 4.34. The normalized spacial score (nSPS) is 15.3. The van der Waals surface area contributed by atoms with Gasteiger partial charge in [-0.05, 0) is 49.6 Å². The van der Waals surface area contributed by atoms with Crippen molar-refractivity contribution in [1.82, 2.24) is 19.2 Å². The standard InChI is InChI=1S/C23H28N4O3S/c1-2-27-21-9-5-4-8-20(21)25-22(27)17-24-23(28)16-18-10-12-19(13-11-18)31(29,30)26-14-6-3-7-15-26/h4-5,8-13H,2-3,6-7,14-17H2,1H3,(H,24,28). The van der Waals surface area contributed by atoms with Gasteiger partial charge >= 0.3 is 0 Å². The van der Waals surface area contributed by atoms with Crippen LogP contribution in [0.2, 0.25) is 0 Å². The van der Waals surface area contributed by atoms with Gasteiger partial charge in [-0.1, -0.05) is 30.7 Å². The number of benzene rings is 2. The largest absolute Gasteiger partial charge is 0.349 e. The van der Waals surface area contributed by atoms with Gasteiger partial charge in [0.2, 0.25) is 15.9 Å². The average Bonchev–Trinajstić information content (AvgIpc) is 3.16. The van der Waals surface area contributed by atoms with Gasteiger partial charge in [-0.25, -0.2) is 13.4 Å². The number of para-hydroxylation sites is 2. The van der Waals surface area contributed by atoms with Crippen LogP contribution in [0.1, 0.15) is 37.6 Å². The van der Waals surface area contributed by atoms with E-state index in [1.165, 1.54) is 0 Å². The second-order valence-electron chi connectivity index (χ2n) is 7.82. The summed E-state index contributed by atoms with van der Waals surface area (Å²) >= 11 is 0. The third kappa shape index (κ3) is 4.65. The predicted octanol–water partition coefficient (Wildman–Crippen LogP) is 3.09. The highest BCUT2D eigenvalue weighted by Crippen LogP contribution is 2.21. The summed E-state index contributed by atoms with van der Waals surface area (Å²) in [4.78, 5) is 17.4. The van der Waals surface area contributed by atoms with Gasteiger partial charge < -0.3 is 9.88 Å². The first-order valence-corrected chi connectivity index (χ1v) is 12.2. The number of hydrogen-bond donors (Lipinski definition) is 1. The molecule has 31 heavy (non-hydrogen) atoms. The lowest BCUT2D eigenvalue weighted by atomic mass is 10.1. The molecule has 1 amide bonds. The van der Waals surface area contributed by atoms with E-state index in [9.17, 15) is 13.2 Å². The van der Waals surface area contributed by atoms with E-state index in [2.05, 4.69) is 21.8 Å². The molecule has 0 aliphatic carbocycles. The maximum absolute atomic E-state index is 12.8. The number of hydrogen-bond acceptors (Lipinski definition) is 4. The topological polar surface area (TPSA) is 84.3 Å². The molecule has 0 unspecified atom stereocenters. The van der Waals surface area contributed by atoms with Crippen LogP contribution < -0.4 is 5.32 Å². The van der Waals surface area contributed by atoms with Gasteiger partial charge in [-0.15, -0.1) is 0 Å². The highest BCUT2D eigenvalue weighted by molar-refractivity contribution is 7.89. The second-order valence-corrected chi connectivity index (χ2v) is 9.76. The van der Waals surface area contributed by atoms with Crippen molar-refractivity contribution >= 4 is 27.0 Å². The number of aromatic nitrogens is 2. The van der Waals surface area contributed by atoms with E-state index in [1.54, 1.807) is 28.6 Å². The summed E-state index contributed by atoms with van der Waals surface area (Å²) in [6, 6.07) is 14.6. The van der Waals surface area contributed by atoms with E-state index in [0.29, 0.717) is 19.6 Å². The fourth-order valence-electron chi connectivity index (χ4n) is 4.07. The number of sulfonamides is 1. The Morgan fingerprint density at radius 2 is 1.74 bits per heavy atom. The van der Waals surface area contributed by atoms with Crippen LogP contribution in [0.5, 0.6) is 0 Å². The van der Waals surface area contributed by atoms with Crippen LogP contribution in [0.4, 0.5) is 0 Å². The van der Waals surface area contributed by atoms with Gasteiger partial charge in [0.05, 0.1) is 28.9 Å². The molecule has 1 fully saturated rings. The molecule has 1 saturated heterocycles. The number of carbonyl (C=O) groups is 1. The number of amides is 1. The van der Waals surface area contributed by atoms with Crippen LogP contribution in [0.25, 0.3) is 11.0 Å². The van der Waals surface area contributed by atoms with Crippen molar-refractivity contribution in [2.45, 2.75) is 50.6 Å². The van der Waals surface area contributed by atoms with Gasteiger partial charge in [0.15, 0.2) is 0 Å². The SMILES string of the molecule is CCn1c(CNC(=O)Cc2ccc(S(=O)(=O)N3CCCCC3)cc2)nc2ccccc21. The van der Waals surface area contributed by atoms with Crippen LogP contribution in [0.3, 0.4) is 0 Å². The van der Waals surface area contributed by atoms with Gasteiger partial charge in [0.1, 0.15) is 5.82 Å². The molecule has 3 aromatic rings. The molecule has 0 bridgehead atoms. The molecule has 0 atom stereocenters. The molecule has 1 aromatic heterocycles. The van der Waals surface area contributed by atoms with E-state index in [0.717, 1.165) is 48.2 Å². The Balaban J connectivity index is 1.38. The Hall–Kier alpha value is -2.71. The van der Waals surface area contributed by atoms with Crippen molar-refractivity contribution in [2.75, 3.05) is 13.1 Å². The van der Waals surface area contributed by atoms with Gasteiger partial charge in [-0.2, -0.15) is 4.31 Å². The van der Waals surface area contributed by atoms with Crippen molar-refractivity contribution in [3.8, 4) is 0 Å². The van der Waals surface area contributed by atoms with Crippen LogP contribution >= 0.6 is 0 Å².